The fourth-order valence-corrected chi connectivity index (χ4v) is 1.13. The lowest BCUT2D eigenvalue weighted by molar-refractivity contribution is -0.141. The lowest BCUT2D eigenvalue weighted by atomic mass is 10.2. The summed E-state index contributed by atoms with van der Waals surface area (Å²) in [6, 6.07) is 7.18. The smallest absolute Gasteiger partial charge is 0.332 e. The molecule has 6 nitrogen and oxygen atoms in total. The molecule has 1 aromatic carbocycles. The zero-order chi connectivity index (χ0) is 10.7. The molecule has 0 atom stereocenters. The second-order valence-corrected chi connectivity index (χ2v) is 2.81. The number of rotatable bonds is 4. The lowest BCUT2D eigenvalue weighted by Gasteiger charge is -1.99. The third-order valence-electron chi connectivity index (χ3n) is 1.74. The molecule has 2 N–H and O–H groups in total. The number of anilines is 1. The molecule has 78 valence electrons. The van der Waals surface area contributed by atoms with Gasteiger partial charge in [-0.3, -0.25) is 4.84 Å². The summed E-state index contributed by atoms with van der Waals surface area (Å²) in [5.74, 6) is -0.692. The van der Waals surface area contributed by atoms with Crippen LogP contribution in [0.4, 0.5) is 5.82 Å². The van der Waals surface area contributed by atoms with Gasteiger partial charge < -0.3 is 9.63 Å². The summed E-state index contributed by atoms with van der Waals surface area (Å²) < 4.78 is 4.97. The normalized spacial score (nSPS) is 10.4. The molecule has 0 aliphatic rings. The predicted octanol–water partition coefficient (Wildman–Crippen LogP) is 1.26. The quantitative estimate of drug-likeness (QED) is 0.735. The van der Waals surface area contributed by atoms with Gasteiger partial charge in [0, 0.05) is 0 Å². The number of benzene rings is 1. The molecule has 0 spiro atoms. The number of hydrogen-bond acceptors (Lipinski definition) is 5. The SMILES string of the molecule is O=C(O)CONc1noc2ccccc12. The van der Waals surface area contributed by atoms with Gasteiger partial charge in [0.05, 0.1) is 5.39 Å². The number of aromatic nitrogens is 1. The van der Waals surface area contributed by atoms with Gasteiger partial charge in [0.2, 0.25) is 5.82 Å². The largest absolute Gasteiger partial charge is 0.479 e. The summed E-state index contributed by atoms with van der Waals surface area (Å²) in [5.41, 5.74) is 3.02. The van der Waals surface area contributed by atoms with Crippen LogP contribution in [0.25, 0.3) is 11.0 Å². The van der Waals surface area contributed by atoms with Gasteiger partial charge in [-0.25, -0.2) is 10.3 Å². The highest BCUT2D eigenvalue weighted by molar-refractivity contribution is 5.87. The molecule has 0 saturated heterocycles. The molecule has 6 heteroatoms. The van der Waals surface area contributed by atoms with Crippen molar-refractivity contribution >= 4 is 22.8 Å². The maximum Gasteiger partial charge on any atom is 0.332 e. The van der Waals surface area contributed by atoms with Crippen molar-refractivity contribution < 1.29 is 19.3 Å². The first-order valence-electron chi connectivity index (χ1n) is 4.21. The Hall–Kier alpha value is -2.08. The zero-order valence-electron chi connectivity index (χ0n) is 7.64. The van der Waals surface area contributed by atoms with E-state index < -0.39 is 12.6 Å². The van der Waals surface area contributed by atoms with Crippen molar-refractivity contribution in [2.75, 3.05) is 12.1 Å². The number of nitrogens with zero attached hydrogens (tertiary/aromatic N) is 1. The number of fused-ring (bicyclic) bond motifs is 1. The Morgan fingerprint density at radius 3 is 3.13 bits per heavy atom. The number of hydrogen-bond donors (Lipinski definition) is 2. The van der Waals surface area contributed by atoms with E-state index in [1.165, 1.54) is 0 Å². The van der Waals surface area contributed by atoms with Crippen molar-refractivity contribution in [2.24, 2.45) is 0 Å². The first-order valence-corrected chi connectivity index (χ1v) is 4.21. The summed E-state index contributed by atoms with van der Waals surface area (Å²) in [6.07, 6.45) is 0. The first kappa shape index (κ1) is 9.47. The Kier molecular flexibility index (Phi) is 2.51. The van der Waals surface area contributed by atoms with Crippen LogP contribution in [0.15, 0.2) is 28.8 Å². The molecule has 0 aliphatic heterocycles. The van der Waals surface area contributed by atoms with Gasteiger partial charge in [0.25, 0.3) is 0 Å². The van der Waals surface area contributed by atoms with Crippen molar-refractivity contribution in [1.29, 1.82) is 0 Å². The van der Waals surface area contributed by atoms with Crippen molar-refractivity contribution in [3.63, 3.8) is 0 Å². The maximum absolute atomic E-state index is 10.2. The van der Waals surface area contributed by atoms with Crippen LogP contribution in [0.1, 0.15) is 0 Å². The molecular formula is C9H8N2O4. The van der Waals surface area contributed by atoms with Gasteiger partial charge in [-0.05, 0) is 12.1 Å². The standard InChI is InChI=1S/C9H8N2O4/c12-8(13)5-14-10-9-6-3-1-2-4-7(6)15-11-9/h1-4H,5H2,(H,10,11)(H,12,13). The molecule has 1 aromatic heterocycles. The highest BCUT2D eigenvalue weighted by atomic mass is 16.7. The zero-order valence-corrected chi connectivity index (χ0v) is 7.64. The van der Waals surface area contributed by atoms with E-state index in [4.69, 9.17) is 9.63 Å². The van der Waals surface area contributed by atoms with E-state index in [1.807, 2.05) is 12.1 Å². The molecule has 0 unspecified atom stereocenters. The molecule has 0 bridgehead atoms. The second-order valence-electron chi connectivity index (χ2n) is 2.81. The molecule has 0 aliphatic carbocycles. The van der Waals surface area contributed by atoms with Crippen LogP contribution in [0.2, 0.25) is 0 Å². The van der Waals surface area contributed by atoms with Crippen LogP contribution in [-0.4, -0.2) is 22.8 Å². The number of carbonyl (C=O) groups is 1. The number of aliphatic carboxylic acids is 1. The molecule has 2 rings (SSSR count). The predicted molar refractivity (Wildman–Crippen MR) is 51.2 cm³/mol. The number of nitrogens with one attached hydrogen (secondary N) is 1. The summed E-state index contributed by atoms with van der Waals surface area (Å²) >= 11 is 0. The highest BCUT2D eigenvalue weighted by Gasteiger charge is 2.07. The van der Waals surface area contributed by atoms with Crippen molar-refractivity contribution in [2.45, 2.75) is 0 Å². The van der Waals surface area contributed by atoms with Crippen molar-refractivity contribution in [3.05, 3.63) is 24.3 Å². The van der Waals surface area contributed by atoms with E-state index >= 15 is 0 Å². The van der Waals surface area contributed by atoms with Crippen molar-refractivity contribution in [1.82, 2.24) is 5.16 Å². The average molecular weight is 208 g/mol. The van der Waals surface area contributed by atoms with E-state index in [9.17, 15) is 4.79 Å². The summed E-state index contributed by atoms with van der Waals surface area (Å²) in [7, 11) is 0. The fraction of sp³-hybridized carbons (Fsp3) is 0.111. The van der Waals surface area contributed by atoms with Crippen LogP contribution < -0.4 is 5.48 Å². The van der Waals surface area contributed by atoms with Crippen LogP contribution >= 0.6 is 0 Å². The molecule has 2 aromatic rings. The van der Waals surface area contributed by atoms with Gasteiger partial charge in [-0.15, -0.1) is 0 Å². The van der Waals surface area contributed by atoms with Gasteiger partial charge in [-0.2, -0.15) is 0 Å². The van der Waals surface area contributed by atoms with E-state index in [0.29, 0.717) is 11.4 Å². The minimum absolute atomic E-state index is 0.367. The van der Waals surface area contributed by atoms with E-state index in [0.717, 1.165) is 5.39 Å². The molecule has 1 heterocycles. The van der Waals surface area contributed by atoms with Gasteiger partial charge in [0.1, 0.15) is 0 Å². The fourth-order valence-electron chi connectivity index (χ4n) is 1.13. The first-order chi connectivity index (χ1) is 7.27. The van der Waals surface area contributed by atoms with Gasteiger partial charge in [0.15, 0.2) is 12.2 Å². The van der Waals surface area contributed by atoms with Crippen LogP contribution in [-0.2, 0) is 9.63 Å². The monoisotopic (exact) mass is 208 g/mol. The van der Waals surface area contributed by atoms with Gasteiger partial charge in [-0.1, -0.05) is 17.3 Å². The Balaban J connectivity index is 2.11. The van der Waals surface area contributed by atoms with Crippen LogP contribution in [0.3, 0.4) is 0 Å². The summed E-state index contributed by atoms with van der Waals surface area (Å²) in [6.45, 7) is -0.443. The van der Waals surface area contributed by atoms with E-state index in [-0.39, 0.29) is 0 Å². The Morgan fingerprint density at radius 2 is 2.33 bits per heavy atom. The second kappa shape index (κ2) is 3.97. The topological polar surface area (TPSA) is 84.6 Å². The Bertz CT molecular complexity index is 480. The van der Waals surface area contributed by atoms with Crippen LogP contribution in [0.5, 0.6) is 0 Å². The average Bonchev–Trinajstić information content (AvgIpc) is 2.62. The molecule has 0 radical (unpaired) electrons. The minimum Gasteiger partial charge on any atom is -0.479 e. The molecular weight excluding hydrogens is 200 g/mol. The molecule has 0 amide bonds. The number of carboxylic acid groups (broad SMARTS) is 1. The summed E-state index contributed by atoms with van der Waals surface area (Å²) in [5, 5.41) is 12.8. The van der Waals surface area contributed by atoms with Crippen molar-refractivity contribution in [3.8, 4) is 0 Å². The van der Waals surface area contributed by atoms with Crippen LogP contribution in [0, 0.1) is 0 Å². The third-order valence-corrected chi connectivity index (χ3v) is 1.74. The van der Waals surface area contributed by atoms with Gasteiger partial charge >= 0.3 is 5.97 Å². The summed E-state index contributed by atoms with van der Waals surface area (Å²) in [4.78, 5) is 14.9. The molecule has 15 heavy (non-hydrogen) atoms. The number of para-hydroxylation sites is 1. The maximum atomic E-state index is 10.2. The lowest BCUT2D eigenvalue weighted by Crippen LogP contribution is -2.11. The highest BCUT2D eigenvalue weighted by Crippen LogP contribution is 2.21. The third kappa shape index (κ3) is 2.05. The van der Waals surface area contributed by atoms with E-state index in [1.54, 1.807) is 12.1 Å². The Labute approximate surface area is 84.4 Å². The minimum atomic E-state index is -1.06. The number of carboxylic acids is 1. The molecule has 0 saturated carbocycles. The molecule has 0 fully saturated rings. The Morgan fingerprint density at radius 1 is 1.53 bits per heavy atom. The van der Waals surface area contributed by atoms with E-state index in [2.05, 4.69) is 15.5 Å².